The largest absolute Gasteiger partial charge is 0.573 e. The summed E-state index contributed by atoms with van der Waals surface area (Å²) >= 11 is 6.14. The van der Waals surface area contributed by atoms with Crippen molar-refractivity contribution in [2.75, 3.05) is 47.4 Å². The fraction of sp³-hybridized carbons (Fsp3) is 0.452. The molecule has 0 aliphatic heterocycles. The molecule has 31 heteroatoms. The molecular weight excluding hydrogens is 1630 g/mol. The van der Waals surface area contributed by atoms with E-state index in [1.807, 2.05) is 45.9 Å². The van der Waals surface area contributed by atoms with Crippen LogP contribution in [-0.2, 0) is 63.7 Å². The zero-order chi connectivity index (χ0) is 90.9. The lowest BCUT2D eigenvalue weighted by atomic mass is 9.58. The second kappa shape index (κ2) is 40.9. The molecule has 0 radical (unpaired) electrons. The molecule has 124 heavy (non-hydrogen) atoms. The molecule has 4 saturated carbocycles. The summed E-state index contributed by atoms with van der Waals surface area (Å²) in [4.78, 5) is 34.7. The van der Waals surface area contributed by atoms with Crippen LogP contribution in [-0.4, -0.2) is 106 Å². The molecule has 0 spiro atoms. The van der Waals surface area contributed by atoms with E-state index in [0.29, 0.717) is 192 Å². The summed E-state index contributed by atoms with van der Waals surface area (Å²) in [6, 6.07) is 27.7. The highest BCUT2D eigenvalue weighted by Crippen LogP contribution is 2.51. The highest BCUT2D eigenvalue weighted by atomic mass is 35.5. The van der Waals surface area contributed by atoms with Crippen LogP contribution in [0.25, 0.3) is 0 Å². The van der Waals surface area contributed by atoms with Crippen LogP contribution in [0.4, 0.5) is 63.3 Å². The first-order chi connectivity index (χ1) is 58.5. The van der Waals surface area contributed by atoms with E-state index in [1.165, 1.54) is 48.9 Å². The van der Waals surface area contributed by atoms with E-state index in [-0.39, 0.29) is 68.5 Å². The molecule has 0 bridgehead atoms. The van der Waals surface area contributed by atoms with Crippen molar-refractivity contribution in [3.05, 3.63) is 203 Å². The van der Waals surface area contributed by atoms with Gasteiger partial charge in [-0.2, -0.15) is 52.7 Å². The van der Waals surface area contributed by atoms with Crippen LogP contribution < -0.4 is 26.0 Å². The number of benzene rings is 4. The predicted molar refractivity (Wildman–Crippen MR) is 451 cm³/mol. The highest BCUT2D eigenvalue weighted by molar-refractivity contribution is 6.31. The maximum Gasteiger partial charge on any atom is 0.573 e. The molecule has 4 aromatic carbocycles. The van der Waals surface area contributed by atoms with Crippen LogP contribution in [0.15, 0.2) is 97.6 Å². The zero-order valence-corrected chi connectivity index (χ0v) is 70.9. The first kappa shape index (κ1) is 95.7. The molecule has 4 heterocycles. The first-order valence-corrected chi connectivity index (χ1v) is 40.8. The van der Waals surface area contributed by atoms with Crippen molar-refractivity contribution in [3.63, 3.8) is 0 Å². The lowest BCUT2D eigenvalue weighted by Crippen LogP contribution is -2.50. The molecule has 0 saturated heterocycles. The van der Waals surface area contributed by atoms with Gasteiger partial charge in [-0.15, -0.1) is 32.4 Å². The van der Waals surface area contributed by atoms with Gasteiger partial charge in [0.15, 0.2) is 0 Å². The number of anilines is 4. The lowest BCUT2D eigenvalue weighted by molar-refractivity contribution is -0.274. The summed E-state index contributed by atoms with van der Waals surface area (Å²) in [5.41, 5.74) is 4.92. The topological polar surface area (TPSA) is 340 Å². The van der Waals surface area contributed by atoms with Crippen molar-refractivity contribution >= 4 is 35.4 Å². The third-order valence-corrected chi connectivity index (χ3v) is 24.9. The molecular formula is C93H97ClF9N17O4. The van der Waals surface area contributed by atoms with Crippen molar-refractivity contribution in [2.45, 2.75) is 189 Å². The normalized spacial score (nSPS) is 19.8. The van der Waals surface area contributed by atoms with Crippen molar-refractivity contribution in [1.82, 2.24) is 39.9 Å². The van der Waals surface area contributed by atoms with E-state index in [2.05, 4.69) is 143 Å². The zero-order valence-electron chi connectivity index (χ0n) is 70.2. The summed E-state index contributed by atoms with van der Waals surface area (Å²) < 4.78 is 121. The van der Waals surface area contributed by atoms with Gasteiger partial charge >= 0.3 is 18.7 Å². The number of alkyl halides is 9. The summed E-state index contributed by atoms with van der Waals surface area (Å²) in [5.74, 6) is 9.67. The van der Waals surface area contributed by atoms with Gasteiger partial charge in [0, 0.05) is 37.3 Å². The van der Waals surface area contributed by atoms with Gasteiger partial charge in [0.05, 0.1) is 121 Å². The molecule has 12 rings (SSSR count). The molecule has 7 N–H and O–H groups in total. The fourth-order valence-electron chi connectivity index (χ4n) is 15.4. The van der Waals surface area contributed by atoms with Crippen molar-refractivity contribution in [2.24, 2.45) is 51.2 Å². The number of aliphatic hydroxyl groups excluding tert-OH is 3. The first-order valence-electron chi connectivity index (χ1n) is 40.4. The van der Waals surface area contributed by atoms with Crippen molar-refractivity contribution in [3.8, 4) is 73.1 Å². The highest BCUT2D eigenvalue weighted by Gasteiger charge is 2.50. The molecule has 0 unspecified atom stereocenters. The average Bonchev–Trinajstić information content (AvgIpc) is 0.773. The minimum Gasteiger partial charge on any atom is -0.404 e. The summed E-state index contributed by atoms with van der Waals surface area (Å²) in [6.45, 7) is 20.5. The fourth-order valence-corrected chi connectivity index (χ4v) is 15.7. The summed E-state index contributed by atoms with van der Waals surface area (Å²) in [5, 5.41) is 89.2. The molecule has 648 valence electrons. The number of aliphatic hydroxyl groups is 3. The van der Waals surface area contributed by atoms with E-state index in [1.54, 1.807) is 24.4 Å². The average molecular weight is 1720 g/mol. The van der Waals surface area contributed by atoms with E-state index in [0.717, 1.165) is 55.5 Å². The maximum atomic E-state index is 13.2. The number of terminal acetylenes is 3. The molecule has 4 aromatic heterocycles. The van der Waals surface area contributed by atoms with Crippen LogP contribution in [0.2, 0.25) is 5.02 Å². The van der Waals surface area contributed by atoms with Gasteiger partial charge in [-0.1, -0.05) is 116 Å². The number of aromatic nitrogens is 8. The maximum absolute atomic E-state index is 13.2. The number of halogens is 10. The minimum absolute atomic E-state index is 0.0168. The third-order valence-electron chi connectivity index (χ3n) is 24.6. The quantitative estimate of drug-likeness (QED) is 0.0206. The van der Waals surface area contributed by atoms with Gasteiger partial charge < -0.3 is 41.3 Å². The van der Waals surface area contributed by atoms with E-state index in [9.17, 15) is 75.9 Å². The van der Waals surface area contributed by atoms with Crippen LogP contribution in [0.5, 0.6) is 5.75 Å². The van der Waals surface area contributed by atoms with Gasteiger partial charge in [0.1, 0.15) is 30.0 Å². The van der Waals surface area contributed by atoms with Crippen LogP contribution >= 0.6 is 11.6 Å². The van der Waals surface area contributed by atoms with E-state index in [4.69, 9.17) is 36.1 Å². The monoisotopic (exact) mass is 1720 g/mol. The van der Waals surface area contributed by atoms with Crippen LogP contribution in [0.1, 0.15) is 202 Å². The predicted octanol–water partition coefficient (Wildman–Crippen LogP) is 17.3. The van der Waals surface area contributed by atoms with Crippen LogP contribution in [0, 0.1) is 145 Å². The summed E-state index contributed by atoms with van der Waals surface area (Å²) in [6.07, 6.45) is 16.4. The van der Waals surface area contributed by atoms with E-state index >= 15 is 0 Å². The molecule has 21 nitrogen and oxygen atoms in total. The Morgan fingerprint density at radius 2 is 0.750 bits per heavy atom. The number of rotatable bonds is 25. The van der Waals surface area contributed by atoms with Crippen molar-refractivity contribution < 1.29 is 59.6 Å². The number of ether oxygens (including phenoxy) is 1. The number of nitriles is 5. The number of nitrogens with zero attached hydrogens (tertiary/aromatic N) is 13. The molecule has 4 fully saturated rings. The number of hydrogen-bond donors (Lipinski definition) is 7. The van der Waals surface area contributed by atoms with Crippen molar-refractivity contribution in [1.29, 1.82) is 26.3 Å². The standard InChI is InChI=1S/C25H28F3N5.C23H23F3N4O2.C23H23F3N4O.C22H23ClN4O/c1-16-4-5-18(12-24(16,2)3)11-22-20(14-30)15-32-23(33-22)31-9-8-17-6-7-19(13-29)21(10-17)25(26,27)28;1-4-15-6-5-14(9-19(15)32-23(24,25)26)7-8-28-21-29-13-16(12-27)18(30-21)10-17-11-20(31)22(17,2)3;1-4-15-6-5-14(9-18(15)23(24,25)26)7-8-28-21-29-13-16(12-27)19(30-21)10-17-11-20(31)22(17,2)3;1-4-15-6-5-14(9-18(15)23)7-8-25-21-26-13-16(12-24)19(27-21)10-17-11-20(28)22(17,2)3/h6-7,10,15-16,18H,4-5,8-9,11-12H2,1-3H3,(H,31,32,33);1,5-6,9,13,17,20,31H,7-8,10-11H2,2-3H3,(H,28,29,30);1,5-6,9,13,17,20,31H,7-8,10-11H2,2-3H3,(H,28,29,30);1,5-6,9,13,17,20,28H,7-8,10-11H2,2-3H3,(H,25,26,27)/t16-,18-;3*17-,20+/m0111/s1. The summed E-state index contributed by atoms with van der Waals surface area (Å²) in [7, 11) is 0. The Morgan fingerprint density at radius 3 is 1.06 bits per heavy atom. The Bertz CT molecular complexity index is 5500. The Labute approximate surface area is 721 Å². The number of hydrogen-bond acceptors (Lipinski definition) is 21. The van der Waals surface area contributed by atoms with Gasteiger partial charge in [-0.25, -0.2) is 39.9 Å². The third kappa shape index (κ3) is 24.9. The second-order valence-electron chi connectivity index (χ2n) is 34.0. The van der Waals surface area contributed by atoms with Gasteiger partial charge in [-0.3, -0.25) is 0 Å². The van der Waals surface area contributed by atoms with E-state index < -0.39 is 35.6 Å². The molecule has 8 aromatic rings. The Balaban J connectivity index is 0.000000188. The Hall–Kier alpha value is -12.1. The Kier molecular flexibility index (Phi) is 31.6. The lowest BCUT2D eigenvalue weighted by Gasteiger charge is -2.49. The molecule has 4 aliphatic rings. The molecule has 0 amide bonds. The molecule has 8 atom stereocenters. The van der Waals surface area contributed by atoms with Gasteiger partial charge in [0.25, 0.3) is 0 Å². The SMILES string of the molecule is C#Cc1ccc(CCNc2ncc(C#N)c(C[C@@H]3C[C@H](O)C3(C)C)n2)cc1C(F)(F)F.C#Cc1ccc(CCNc2ncc(C#N)c(C[C@@H]3C[C@H](O)C3(C)C)n2)cc1Cl.C#Cc1ccc(CCNc2ncc(C#N)c(C[C@@H]3C[C@H](O)C3(C)C)n2)cc1OC(F)(F)F.C[C@H]1CC[C@@H](Cc2nc(NCCc3ccc(C#N)c(C(F)(F)F)c3)ncc2C#N)CC1(C)C. The Morgan fingerprint density at radius 1 is 0.435 bits per heavy atom. The second-order valence-corrected chi connectivity index (χ2v) is 34.4. The number of nitrogens with one attached hydrogen (secondary N) is 4. The van der Waals surface area contributed by atoms with Gasteiger partial charge in [0.2, 0.25) is 23.8 Å². The minimum atomic E-state index is -4.83. The van der Waals surface area contributed by atoms with Crippen LogP contribution in [0.3, 0.4) is 0 Å². The van der Waals surface area contributed by atoms with Gasteiger partial charge in [-0.05, 0) is 212 Å². The smallest absolute Gasteiger partial charge is 0.404 e. The molecule has 4 aliphatic carbocycles.